The second kappa shape index (κ2) is 10.2. The van der Waals surface area contributed by atoms with Gasteiger partial charge in [0.2, 0.25) is 0 Å². The Balaban J connectivity index is 1.67. The molecule has 0 fully saturated rings. The van der Waals surface area contributed by atoms with E-state index in [-0.39, 0.29) is 5.57 Å². The highest BCUT2D eigenvalue weighted by atomic mass is 16.5. The zero-order valence-electron chi connectivity index (χ0n) is 17.2. The van der Waals surface area contributed by atoms with Gasteiger partial charge in [0.25, 0.3) is 5.91 Å². The van der Waals surface area contributed by atoms with Crippen LogP contribution in [0.5, 0.6) is 11.5 Å². The number of aromatic nitrogens is 1. The Kier molecular flexibility index (Phi) is 7.12. The van der Waals surface area contributed by atoms with E-state index in [9.17, 15) is 10.1 Å². The Hall–Kier alpha value is -3.72. The molecule has 0 atom stereocenters. The lowest BCUT2D eigenvalue weighted by atomic mass is 10.1. The number of nitrogens with one attached hydrogen (secondary N) is 2. The Bertz CT molecular complexity index is 1090. The van der Waals surface area contributed by atoms with Gasteiger partial charge in [0.05, 0.1) is 13.2 Å². The Labute approximate surface area is 176 Å². The predicted molar refractivity (Wildman–Crippen MR) is 117 cm³/mol. The van der Waals surface area contributed by atoms with Gasteiger partial charge in [-0.25, -0.2) is 0 Å². The van der Waals surface area contributed by atoms with Crippen molar-refractivity contribution in [1.82, 2.24) is 10.3 Å². The lowest BCUT2D eigenvalue weighted by Gasteiger charge is -2.11. The average Bonchev–Trinajstić information content (AvgIpc) is 3.17. The van der Waals surface area contributed by atoms with Crippen LogP contribution in [0.15, 0.2) is 54.2 Å². The van der Waals surface area contributed by atoms with Crippen molar-refractivity contribution in [1.29, 1.82) is 5.26 Å². The van der Waals surface area contributed by atoms with Gasteiger partial charge < -0.3 is 19.8 Å². The van der Waals surface area contributed by atoms with Crippen LogP contribution < -0.4 is 14.8 Å². The number of aromatic amines is 1. The summed E-state index contributed by atoms with van der Waals surface area (Å²) in [7, 11) is 0. The Morgan fingerprint density at radius 1 is 1.13 bits per heavy atom. The molecular weight excluding hydrogens is 378 g/mol. The van der Waals surface area contributed by atoms with Crippen molar-refractivity contribution in [3.05, 3.63) is 65.4 Å². The van der Waals surface area contributed by atoms with Crippen molar-refractivity contribution in [3.8, 4) is 17.6 Å². The van der Waals surface area contributed by atoms with E-state index >= 15 is 0 Å². The third-order valence-electron chi connectivity index (χ3n) is 4.60. The maximum atomic E-state index is 12.5. The molecule has 0 aliphatic rings. The highest BCUT2D eigenvalue weighted by Gasteiger charge is 2.11. The standard InChI is InChI=1S/C24H25N3O3/c1-3-29-22-10-9-17(14-23(22)30-4-2)13-19(15-25)24(28)26-12-11-18-16-27-21-8-6-5-7-20(18)21/h5-10,13-14,16,27H,3-4,11-12H2,1-2H3,(H,26,28)/b19-13-. The molecule has 1 amide bonds. The first kappa shape index (κ1) is 21.0. The minimum absolute atomic E-state index is 0.0422. The van der Waals surface area contributed by atoms with E-state index in [1.165, 1.54) is 0 Å². The largest absolute Gasteiger partial charge is 0.490 e. The summed E-state index contributed by atoms with van der Waals surface area (Å²) in [6.07, 6.45) is 4.18. The van der Waals surface area contributed by atoms with Crippen molar-refractivity contribution < 1.29 is 14.3 Å². The van der Waals surface area contributed by atoms with Crippen LogP contribution in [0.25, 0.3) is 17.0 Å². The average molecular weight is 403 g/mol. The molecule has 2 aromatic carbocycles. The van der Waals surface area contributed by atoms with Crippen LogP contribution >= 0.6 is 0 Å². The van der Waals surface area contributed by atoms with Gasteiger partial charge in [-0.1, -0.05) is 24.3 Å². The maximum absolute atomic E-state index is 12.5. The van der Waals surface area contributed by atoms with Crippen molar-refractivity contribution in [2.45, 2.75) is 20.3 Å². The van der Waals surface area contributed by atoms with E-state index in [0.717, 1.165) is 16.5 Å². The Morgan fingerprint density at radius 3 is 2.67 bits per heavy atom. The minimum Gasteiger partial charge on any atom is -0.490 e. The van der Waals surface area contributed by atoms with E-state index < -0.39 is 5.91 Å². The zero-order valence-corrected chi connectivity index (χ0v) is 17.2. The zero-order chi connectivity index (χ0) is 21.3. The molecule has 0 bridgehead atoms. The molecule has 6 nitrogen and oxygen atoms in total. The quantitative estimate of drug-likeness (QED) is 0.413. The number of hydrogen-bond donors (Lipinski definition) is 2. The van der Waals surface area contributed by atoms with E-state index in [1.54, 1.807) is 24.3 Å². The fraction of sp³-hybridized carbons (Fsp3) is 0.250. The van der Waals surface area contributed by atoms with Crippen LogP contribution in [0.1, 0.15) is 25.0 Å². The SMILES string of the molecule is CCOc1ccc(/C=C(/C#N)C(=O)NCCc2c[nH]c3ccccc23)cc1OCC. The molecule has 0 saturated heterocycles. The maximum Gasteiger partial charge on any atom is 0.261 e. The molecule has 1 aromatic heterocycles. The van der Waals surface area contributed by atoms with E-state index in [4.69, 9.17) is 9.47 Å². The molecule has 30 heavy (non-hydrogen) atoms. The third kappa shape index (κ3) is 5.00. The first-order valence-corrected chi connectivity index (χ1v) is 10.0. The number of nitriles is 1. The molecule has 0 saturated carbocycles. The first-order valence-electron chi connectivity index (χ1n) is 10.0. The van der Waals surface area contributed by atoms with Gasteiger partial charge >= 0.3 is 0 Å². The predicted octanol–water partition coefficient (Wildman–Crippen LogP) is 4.23. The molecule has 1 heterocycles. The van der Waals surface area contributed by atoms with Crippen LogP contribution in [0, 0.1) is 11.3 Å². The summed E-state index contributed by atoms with van der Waals surface area (Å²) in [5, 5.41) is 13.4. The second-order valence-electron chi connectivity index (χ2n) is 6.61. The molecule has 0 aliphatic heterocycles. The van der Waals surface area contributed by atoms with E-state index in [0.29, 0.717) is 43.2 Å². The van der Waals surface area contributed by atoms with Gasteiger partial charge in [0, 0.05) is 23.6 Å². The first-order chi connectivity index (χ1) is 14.7. The van der Waals surface area contributed by atoms with Crippen molar-refractivity contribution in [3.63, 3.8) is 0 Å². The third-order valence-corrected chi connectivity index (χ3v) is 4.60. The number of nitrogens with zero attached hydrogens (tertiary/aromatic N) is 1. The summed E-state index contributed by atoms with van der Waals surface area (Å²) in [5.41, 5.74) is 2.93. The monoisotopic (exact) mass is 403 g/mol. The fourth-order valence-corrected chi connectivity index (χ4v) is 3.22. The fourth-order valence-electron chi connectivity index (χ4n) is 3.22. The van der Waals surface area contributed by atoms with Crippen LogP contribution in [0.4, 0.5) is 0 Å². The number of carbonyl (C=O) groups is 1. The van der Waals surface area contributed by atoms with Gasteiger partial charge in [-0.15, -0.1) is 0 Å². The smallest absolute Gasteiger partial charge is 0.261 e. The normalized spacial score (nSPS) is 11.2. The summed E-state index contributed by atoms with van der Waals surface area (Å²) in [6, 6.07) is 15.4. The summed E-state index contributed by atoms with van der Waals surface area (Å²) < 4.78 is 11.2. The molecular formula is C24H25N3O3. The van der Waals surface area contributed by atoms with Crippen LogP contribution in [-0.2, 0) is 11.2 Å². The van der Waals surface area contributed by atoms with Gasteiger partial charge in [-0.3, -0.25) is 4.79 Å². The minimum atomic E-state index is -0.399. The van der Waals surface area contributed by atoms with Gasteiger partial charge in [-0.2, -0.15) is 5.26 Å². The summed E-state index contributed by atoms with van der Waals surface area (Å²) in [5.74, 6) is 0.826. The van der Waals surface area contributed by atoms with Crippen LogP contribution in [-0.4, -0.2) is 30.6 Å². The van der Waals surface area contributed by atoms with Gasteiger partial charge in [-0.05, 0) is 55.7 Å². The number of benzene rings is 2. The lowest BCUT2D eigenvalue weighted by Crippen LogP contribution is -2.26. The number of amides is 1. The highest BCUT2D eigenvalue weighted by molar-refractivity contribution is 6.01. The molecule has 3 rings (SSSR count). The number of para-hydroxylation sites is 1. The molecule has 6 heteroatoms. The molecule has 0 spiro atoms. The van der Waals surface area contributed by atoms with Crippen LogP contribution in [0.3, 0.4) is 0 Å². The van der Waals surface area contributed by atoms with Crippen molar-refractivity contribution in [2.24, 2.45) is 0 Å². The molecule has 2 N–H and O–H groups in total. The molecule has 0 unspecified atom stereocenters. The Morgan fingerprint density at radius 2 is 1.90 bits per heavy atom. The number of ether oxygens (including phenoxy) is 2. The van der Waals surface area contributed by atoms with Gasteiger partial charge in [0.1, 0.15) is 11.6 Å². The summed E-state index contributed by atoms with van der Waals surface area (Å²) >= 11 is 0. The van der Waals surface area contributed by atoms with E-state index in [1.807, 2.05) is 50.4 Å². The van der Waals surface area contributed by atoms with Crippen LogP contribution in [0.2, 0.25) is 0 Å². The summed E-state index contributed by atoms with van der Waals surface area (Å²) in [4.78, 5) is 15.7. The second-order valence-corrected chi connectivity index (χ2v) is 6.61. The topological polar surface area (TPSA) is 87.1 Å². The lowest BCUT2D eigenvalue weighted by molar-refractivity contribution is -0.117. The molecule has 3 aromatic rings. The highest BCUT2D eigenvalue weighted by Crippen LogP contribution is 2.29. The number of hydrogen-bond acceptors (Lipinski definition) is 4. The number of rotatable bonds is 9. The number of fused-ring (bicyclic) bond motifs is 1. The number of H-pyrrole nitrogens is 1. The summed E-state index contributed by atoms with van der Waals surface area (Å²) in [6.45, 7) is 5.25. The molecule has 0 radical (unpaired) electrons. The number of carbonyl (C=O) groups excluding carboxylic acids is 1. The molecule has 154 valence electrons. The van der Waals surface area contributed by atoms with Gasteiger partial charge in [0.15, 0.2) is 11.5 Å². The van der Waals surface area contributed by atoms with Crippen molar-refractivity contribution >= 4 is 22.9 Å². The molecule has 0 aliphatic carbocycles. The van der Waals surface area contributed by atoms with E-state index in [2.05, 4.69) is 10.3 Å². The van der Waals surface area contributed by atoms with Crippen molar-refractivity contribution in [2.75, 3.05) is 19.8 Å².